The monoisotopic (exact) mass is 210 g/mol. The molecule has 0 bridgehead atoms. The third kappa shape index (κ3) is 2.81. The molecule has 0 aliphatic heterocycles. The fourth-order valence-electron chi connectivity index (χ4n) is 1.78. The Morgan fingerprint density at radius 3 is 2.13 bits per heavy atom. The van der Waals surface area contributed by atoms with Crippen LogP contribution >= 0.6 is 0 Å². The fourth-order valence-corrected chi connectivity index (χ4v) is 1.78. The average Bonchev–Trinajstić information content (AvgIpc) is 2.45. The molecule has 1 aromatic heterocycles. The second-order valence-electron chi connectivity index (χ2n) is 4.66. The minimum Gasteiger partial charge on any atom is -0.361 e. The van der Waals surface area contributed by atoms with Crippen LogP contribution in [0.3, 0.4) is 0 Å². The first kappa shape index (κ1) is 12.2. The highest BCUT2D eigenvalue weighted by atomic mass is 16.5. The van der Waals surface area contributed by atoms with Crippen molar-refractivity contribution in [1.29, 1.82) is 0 Å². The summed E-state index contributed by atoms with van der Waals surface area (Å²) in [5.41, 5.74) is 2.19. The molecule has 86 valence electrons. The molecule has 0 radical (unpaired) electrons. The highest BCUT2D eigenvalue weighted by Crippen LogP contribution is 2.22. The van der Waals surface area contributed by atoms with Gasteiger partial charge in [-0.15, -0.1) is 0 Å². The van der Waals surface area contributed by atoms with Gasteiger partial charge in [-0.05, 0) is 33.6 Å². The van der Waals surface area contributed by atoms with Gasteiger partial charge in [0.15, 0.2) is 0 Å². The van der Waals surface area contributed by atoms with Gasteiger partial charge in [0.1, 0.15) is 5.76 Å². The first-order valence-electron chi connectivity index (χ1n) is 5.62. The summed E-state index contributed by atoms with van der Waals surface area (Å²) in [5, 5.41) is 7.54. The van der Waals surface area contributed by atoms with E-state index in [1.807, 2.05) is 13.8 Å². The maximum Gasteiger partial charge on any atom is 0.138 e. The Labute approximate surface area is 92.2 Å². The van der Waals surface area contributed by atoms with E-state index in [-0.39, 0.29) is 0 Å². The predicted octanol–water partition coefficient (Wildman–Crippen LogP) is 2.99. The molecule has 0 aliphatic rings. The van der Waals surface area contributed by atoms with Crippen LogP contribution in [-0.4, -0.2) is 11.2 Å². The third-order valence-corrected chi connectivity index (χ3v) is 3.03. The minimum atomic E-state index is 0.300. The van der Waals surface area contributed by atoms with Gasteiger partial charge in [0.2, 0.25) is 0 Å². The lowest BCUT2D eigenvalue weighted by molar-refractivity contribution is 0.376. The van der Waals surface area contributed by atoms with Gasteiger partial charge in [0.05, 0.1) is 5.69 Å². The van der Waals surface area contributed by atoms with Gasteiger partial charge in [-0.2, -0.15) is 0 Å². The Morgan fingerprint density at radius 1 is 1.13 bits per heavy atom. The normalized spacial score (nSPS) is 15.7. The van der Waals surface area contributed by atoms with Crippen molar-refractivity contribution in [1.82, 2.24) is 10.5 Å². The average molecular weight is 210 g/mol. The highest BCUT2D eigenvalue weighted by molar-refractivity contribution is 5.24. The summed E-state index contributed by atoms with van der Waals surface area (Å²) >= 11 is 0. The molecule has 0 spiro atoms. The number of aryl methyl sites for hydroxylation is 2. The van der Waals surface area contributed by atoms with Gasteiger partial charge < -0.3 is 9.84 Å². The molecule has 0 saturated heterocycles. The Balaban J connectivity index is 2.73. The van der Waals surface area contributed by atoms with Crippen molar-refractivity contribution in [3.8, 4) is 0 Å². The molecule has 15 heavy (non-hydrogen) atoms. The Morgan fingerprint density at radius 2 is 1.73 bits per heavy atom. The topological polar surface area (TPSA) is 38.1 Å². The summed E-state index contributed by atoms with van der Waals surface area (Å²) in [4.78, 5) is 0. The van der Waals surface area contributed by atoms with Crippen molar-refractivity contribution in [3.05, 3.63) is 17.0 Å². The Kier molecular flexibility index (Phi) is 3.91. The van der Waals surface area contributed by atoms with E-state index in [1.165, 1.54) is 5.56 Å². The van der Waals surface area contributed by atoms with Crippen LogP contribution in [0.15, 0.2) is 4.52 Å². The first-order chi connectivity index (χ1) is 6.93. The third-order valence-electron chi connectivity index (χ3n) is 3.03. The first-order valence-corrected chi connectivity index (χ1v) is 5.62. The largest absolute Gasteiger partial charge is 0.361 e. The molecule has 1 N–H and O–H groups in total. The van der Waals surface area contributed by atoms with E-state index in [9.17, 15) is 0 Å². The molecular formula is C12H22N2O. The summed E-state index contributed by atoms with van der Waals surface area (Å²) < 4.78 is 5.17. The summed E-state index contributed by atoms with van der Waals surface area (Å²) in [7, 11) is 0. The van der Waals surface area contributed by atoms with Crippen LogP contribution < -0.4 is 5.32 Å². The Hall–Kier alpha value is -0.830. The zero-order valence-electron chi connectivity index (χ0n) is 10.6. The maximum absolute atomic E-state index is 5.17. The number of aromatic nitrogens is 1. The standard InChI is InChI=1S/C12H22N2O/c1-7(2)8(3)13-9(4)12-10(5)14-15-11(12)6/h7-9,13H,1-6H3. The fraction of sp³-hybridized carbons (Fsp3) is 0.750. The molecule has 2 atom stereocenters. The number of nitrogens with zero attached hydrogens (tertiary/aromatic N) is 1. The molecule has 3 heteroatoms. The van der Waals surface area contributed by atoms with Crippen molar-refractivity contribution >= 4 is 0 Å². The molecule has 0 aliphatic carbocycles. The van der Waals surface area contributed by atoms with Crippen molar-refractivity contribution in [3.63, 3.8) is 0 Å². The van der Waals surface area contributed by atoms with E-state index in [0.717, 1.165) is 11.5 Å². The summed E-state index contributed by atoms with van der Waals surface area (Å²) in [6, 6.07) is 0.794. The van der Waals surface area contributed by atoms with Crippen LogP contribution in [0, 0.1) is 19.8 Å². The predicted molar refractivity (Wildman–Crippen MR) is 61.8 cm³/mol. The second kappa shape index (κ2) is 4.79. The van der Waals surface area contributed by atoms with Gasteiger partial charge in [0, 0.05) is 17.6 Å². The smallest absolute Gasteiger partial charge is 0.138 e. The molecule has 0 saturated carbocycles. The van der Waals surface area contributed by atoms with Crippen LogP contribution in [0.25, 0.3) is 0 Å². The van der Waals surface area contributed by atoms with Gasteiger partial charge in [0.25, 0.3) is 0 Å². The van der Waals surface area contributed by atoms with Crippen LogP contribution in [0.4, 0.5) is 0 Å². The van der Waals surface area contributed by atoms with Crippen LogP contribution in [-0.2, 0) is 0 Å². The number of nitrogens with one attached hydrogen (secondary N) is 1. The zero-order chi connectivity index (χ0) is 11.6. The van der Waals surface area contributed by atoms with E-state index in [0.29, 0.717) is 18.0 Å². The molecule has 1 aromatic rings. The number of hydrogen-bond donors (Lipinski definition) is 1. The molecule has 2 unspecified atom stereocenters. The molecule has 0 amide bonds. The lowest BCUT2D eigenvalue weighted by Gasteiger charge is -2.22. The highest BCUT2D eigenvalue weighted by Gasteiger charge is 2.18. The van der Waals surface area contributed by atoms with Crippen LogP contribution in [0.2, 0.25) is 0 Å². The molecule has 0 fully saturated rings. The van der Waals surface area contributed by atoms with Crippen LogP contribution in [0.5, 0.6) is 0 Å². The SMILES string of the molecule is Cc1noc(C)c1C(C)NC(C)C(C)C. The molecule has 0 aromatic carbocycles. The van der Waals surface area contributed by atoms with Gasteiger partial charge in [-0.25, -0.2) is 0 Å². The lowest BCUT2D eigenvalue weighted by atomic mass is 10.0. The molecular weight excluding hydrogens is 188 g/mol. The van der Waals surface area contributed by atoms with E-state index in [4.69, 9.17) is 4.52 Å². The van der Waals surface area contributed by atoms with Gasteiger partial charge in [-0.3, -0.25) is 0 Å². The second-order valence-corrected chi connectivity index (χ2v) is 4.66. The van der Waals surface area contributed by atoms with E-state index in [2.05, 4.69) is 38.2 Å². The zero-order valence-corrected chi connectivity index (χ0v) is 10.6. The van der Waals surface area contributed by atoms with E-state index in [1.54, 1.807) is 0 Å². The quantitative estimate of drug-likeness (QED) is 0.830. The number of hydrogen-bond acceptors (Lipinski definition) is 3. The molecule has 3 nitrogen and oxygen atoms in total. The van der Waals surface area contributed by atoms with Gasteiger partial charge >= 0.3 is 0 Å². The maximum atomic E-state index is 5.17. The summed E-state index contributed by atoms with van der Waals surface area (Å²) in [6.45, 7) is 12.8. The van der Waals surface area contributed by atoms with E-state index >= 15 is 0 Å². The van der Waals surface area contributed by atoms with Gasteiger partial charge in [-0.1, -0.05) is 19.0 Å². The van der Waals surface area contributed by atoms with Crippen molar-refractivity contribution < 1.29 is 4.52 Å². The lowest BCUT2D eigenvalue weighted by Crippen LogP contribution is -2.33. The summed E-state index contributed by atoms with van der Waals surface area (Å²) in [6.07, 6.45) is 0. The molecule has 1 rings (SSSR count). The van der Waals surface area contributed by atoms with Crippen molar-refractivity contribution in [2.75, 3.05) is 0 Å². The van der Waals surface area contributed by atoms with E-state index < -0.39 is 0 Å². The Bertz CT molecular complexity index is 298. The minimum absolute atomic E-state index is 0.300. The molecule has 1 heterocycles. The van der Waals surface area contributed by atoms with Crippen molar-refractivity contribution in [2.45, 2.75) is 53.6 Å². The summed E-state index contributed by atoms with van der Waals surface area (Å²) in [5.74, 6) is 1.55. The number of rotatable bonds is 4. The van der Waals surface area contributed by atoms with Crippen molar-refractivity contribution in [2.24, 2.45) is 5.92 Å². The van der Waals surface area contributed by atoms with Crippen LogP contribution in [0.1, 0.15) is 50.8 Å².